The lowest BCUT2D eigenvalue weighted by Gasteiger charge is -2.61. The van der Waals surface area contributed by atoms with Crippen molar-refractivity contribution in [1.29, 1.82) is 0 Å². The summed E-state index contributed by atoms with van der Waals surface area (Å²) in [5.74, 6) is 2.86. The highest BCUT2D eigenvalue weighted by molar-refractivity contribution is 5.75. The fourth-order valence-electron chi connectivity index (χ4n) is 10.6. The van der Waals surface area contributed by atoms with Gasteiger partial charge in [-0.2, -0.15) is 0 Å². The van der Waals surface area contributed by atoms with Crippen LogP contribution >= 0.6 is 0 Å². The second-order valence-electron chi connectivity index (χ2n) is 14.5. The minimum atomic E-state index is -0.193. The van der Waals surface area contributed by atoms with E-state index in [2.05, 4.69) is 27.7 Å². The number of hydrogen-bond acceptors (Lipinski definition) is 5. The van der Waals surface area contributed by atoms with E-state index < -0.39 is 0 Å². The molecular formula is C33H51NO5. The standard InChI is InChI=1S/C33H51NO5/c1-19-8-11-29(34(18-19)21(3)35)20(2)31-30(39-23(5)37)17-28-26-10-9-24-16-25(38-22(4)36)12-14-32(24,6)27(26)13-15-33(28,31)7/h19,24-28,30-31H,8-18H2,1-7H3/b29-20+. The molecule has 0 aromatic heterocycles. The van der Waals surface area contributed by atoms with E-state index in [-0.39, 0.29) is 46.8 Å². The Labute approximate surface area is 235 Å². The number of esters is 2. The van der Waals surface area contributed by atoms with Crippen LogP contribution in [0, 0.1) is 46.3 Å². The fourth-order valence-corrected chi connectivity index (χ4v) is 10.6. The van der Waals surface area contributed by atoms with Crippen molar-refractivity contribution in [3.63, 3.8) is 0 Å². The predicted molar refractivity (Wildman–Crippen MR) is 150 cm³/mol. The van der Waals surface area contributed by atoms with E-state index in [0.29, 0.717) is 29.6 Å². The van der Waals surface area contributed by atoms with Gasteiger partial charge in [0.2, 0.25) is 5.91 Å². The topological polar surface area (TPSA) is 72.9 Å². The molecule has 5 aliphatic rings. The van der Waals surface area contributed by atoms with E-state index >= 15 is 0 Å². The first-order valence-corrected chi connectivity index (χ1v) is 15.7. The Kier molecular flexibility index (Phi) is 7.74. The molecule has 0 aromatic carbocycles. The molecule has 1 heterocycles. The maximum absolute atomic E-state index is 12.7. The number of hydrogen-bond donors (Lipinski definition) is 0. The molecule has 1 aliphatic heterocycles. The van der Waals surface area contributed by atoms with Gasteiger partial charge < -0.3 is 14.4 Å². The summed E-state index contributed by atoms with van der Waals surface area (Å²) in [4.78, 5) is 38.7. The SMILES string of the molecule is CC(=O)OC1CCC2(C)C(CCC3C2CCC2(C)C3CC(OC(C)=O)C2/C(C)=C2\CCC(C)CN2C(C)=O)C1. The van der Waals surface area contributed by atoms with E-state index in [4.69, 9.17) is 9.47 Å². The molecule has 4 aliphatic carbocycles. The summed E-state index contributed by atoms with van der Waals surface area (Å²) in [5, 5.41) is 0. The average Bonchev–Trinajstić information content (AvgIpc) is 3.14. The highest BCUT2D eigenvalue weighted by Crippen LogP contribution is 2.69. The van der Waals surface area contributed by atoms with Crippen molar-refractivity contribution >= 4 is 17.8 Å². The number of piperidine rings is 1. The molecule has 218 valence electrons. The zero-order valence-corrected chi connectivity index (χ0v) is 25.4. The highest BCUT2D eigenvalue weighted by Gasteiger charge is 2.63. The van der Waals surface area contributed by atoms with Crippen LogP contribution in [-0.4, -0.2) is 41.5 Å². The number of amides is 1. The van der Waals surface area contributed by atoms with Crippen LogP contribution in [0.4, 0.5) is 0 Å². The van der Waals surface area contributed by atoms with E-state index in [9.17, 15) is 14.4 Å². The molecule has 0 spiro atoms. The van der Waals surface area contributed by atoms with Crippen LogP contribution in [-0.2, 0) is 23.9 Å². The van der Waals surface area contributed by atoms with Crippen molar-refractivity contribution < 1.29 is 23.9 Å². The zero-order valence-electron chi connectivity index (χ0n) is 25.4. The number of likely N-dealkylation sites (tertiary alicyclic amines) is 1. The fraction of sp³-hybridized carbons (Fsp3) is 0.848. The van der Waals surface area contributed by atoms with E-state index in [1.807, 2.05) is 4.90 Å². The molecule has 0 radical (unpaired) electrons. The lowest BCUT2D eigenvalue weighted by Crippen LogP contribution is -2.54. The van der Waals surface area contributed by atoms with Gasteiger partial charge in [0.15, 0.2) is 0 Å². The van der Waals surface area contributed by atoms with Crippen molar-refractivity contribution in [3.05, 3.63) is 11.3 Å². The molecular weight excluding hydrogens is 490 g/mol. The van der Waals surface area contributed by atoms with Gasteiger partial charge in [0, 0.05) is 38.9 Å². The molecule has 0 bridgehead atoms. The number of carbonyl (C=O) groups excluding carboxylic acids is 3. The summed E-state index contributed by atoms with van der Waals surface area (Å²) in [7, 11) is 0. The Balaban J connectivity index is 1.45. The first-order valence-electron chi connectivity index (χ1n) is 15.7. The molecule has 1 amide bonds. The van der Waals surface area contributed by atoms with Gasteiger partial charge in [0.05, 0.1) is 0 Å². The van der Waals surface area contributed by atoms with Crippen LogP contribution in [0.5, 0.6) is 0 Å². The summed E-state index contributed by atoms with van der Waals surface area (Å²) in [5.41, 5.74) is 2.82. The lowest BCUT2D eigenvalue weighted by molar-refractivity contribution is -0.160. The van der Waals surface area contributed by atoms with Gasteiger partial charge in [-0.05, 0) is 117 Å². The molecule has 5 rings (SSSR count). The normalized spacial score (nSPS) is 44.9. The van der Waals surface area contributed by atoms with Crippen molar-refractivity contribution in [2.24, 2.45) is 46.3 Å². The minimum Gasteiger partial charge on any atom is -0.463 e. The summed E-state index contributed by atoms with van der Waals surface area (Å²) >= 11 is 0. The Morgan fingerprint density at radius 3 is 2.18 bits per heavy atom. The van der Waals surface area contributed by atoms with E-state index in [1.54, 1.807) is 13.8 Å². The largest absolute Gasteiger partial charge is 0.463 e. The molecule has 6 heteroatoms. The quantitative estimate of drug-likeness (QED) is 0.373. The van der Waals surface area contributed by atoms with Gasteiger partial charge >= 0.3 is 11.9 Å². The Morgan fingerprint density at radius 2 is 1.51 bits per heavy atom. The molecule has 0 aromatic rings. The molecule has 4 saturated carbocycles. The summed E-state index contributed by atoms with van der Waals surface area (Å²) in [6.45, 7) is 15.0. The van der Waals surface area contributed by atoms with E-state index in [1.165, 1.54) is 37.5 Å². The number of fused-ring (bicyclic) bond motifs is 5. The Bertz CT molecular complexity index is 1040. The molecule has 0 N–H and O–H groups in total. The van der Waals surface area contributed by atoms with E-state index in [0.717, 1.165) is 51.5 Å². The first kappa shape index (κ1) is 28.7. The van der Waals surface area contributed by atoms with Crippen LogP contribution in [0.3, 0.4) is 0 Å². The maximum atomic E-state index is 12.7. The molecule has 10 unspecified atom stereocenters. The van der Waals surface area contributed by atoms with Gasteiger partial charge in [-0.1, -0.05) is 20.8 Å². The first-order chi connectivity index (χ1) is 18.3. The van der Waals surface area contributed by atoms with Gasteiger partial charge in [0.25, 0.3) is 0 Å². The third-order valence-corrected chi connectivity index (χ3v) is 12.3. The average molecular weight is 542 g/mol. The van der Waals surface area contributed by atoms with Crippen molar-refractivity contribution in [1.82, 2.24) is 4.90 Å². The third-order valence-electron chi connectivity index (χ3n) is 12.3. The molecule has 5 fully saturated rings. The van der Waals surface area contributed by atoms with Crippen molar-refractivity contribution in [2.45, 2.75) is 125 Å². The van der Waals surface area contributed by atoms with Gasteiger partial charge in [-0.3, -0.25) is 14.4 Å². The number of carbonyl (C=O) groups is 3. The summed E-state index contributed by atoms with van der Waals surface area (Å²) in [6, 6.07) is 0. The maximum Gasteiger partial charge on any atom is 0.302 e. The smallest absolute Gasteiger partial charge is 0.302 e. The number of ether oxygens (including phenoxy) is 2. The Hall–Kier alpha value is -1.85. The van der Waals surface area contributed by atoms with Crippen LogP contribution < -0.4 is 0 Å². The molecule has 6 nitrogen and oxygen atoms in total. The Morgan fingerprint density at radius 1 is 0.821 bits per heavy atom. The predicted octanol–water partition coefficient (Wildman–Crippen LogP) is 6.67. The second kappa shape index (κ2) is 10.5. The minimum absolute atomic E-state index is 0.0576. The molecule has 1 saturated heterocycles. The van der Waals surface area contributed by atoms with Crippen molar-refractivity contribution in [2.75, 3.05) is 6.54 Å². The van der Waals surface area contributed by atoms with Crippen LogP contribution in [0.25, 0.3) is 0 Å². The summed E-state index contributed by atoms with van der Waals surface area (Å²) in [6.07, 6.45) is 10.8. The van der Waals surface area contributed by atoms with Crippen molar-refractivity contribution in [3.8, 4) is 0 Å². The monoisotopic (exact) mass is 541 g/mol. The third kappa shape index (κ3) is 4.96. The number of allylic oxidation sites excluding steroid dienone is 1. The molecule has 10 atom stereocenters. The lowest BCUT2D eigenvalue weighted by atomic mass is 9.44. The van der Waals surface area contributed by atoms with Gasteiger partial charge in [0.1, 0.15) is 12.2 Å². The van der Waals surface area contributed by atoms with Gasteiger partial charge in [-0.25, -0.2) is 0 Å². The zero-order chi connectivity index (χ0) is 28.3. The molecule has 39 heavy (non-hydrogen) atoms. The summed E-state index contributed by atoms with van der Waals surface area (Å²) < 4.78 is 11.8. The highest BCUT2D eigenvalue weighted by atomic mass is 16.5. The second-order valence-corrected chi connectivity index (χ2v) is 14.5. The van der Waals surface area contributed by atoms with Crippen LogP contribution in [0.15, 0.2) is 11.3 Å². The number of rotatable bonds is 3. The van der Waals surface area contributed by atoms with Crippen LogP contribution in [0.2, 0.25) is 0 Å². The van der Waals surface area contributed by atoms with Gasteiger partial charge in [-0.15, -0.1) is 0 Å². The van der Waals surface area contributed by atoms with Crippen LogP contribution in [0.1, 0.15) is 113 Å². The number of nitrogens with zero attached hydrogens (tertiary/aromatic N) is 1.